The molecule has 9 nitrogen and oxygen atoms in total. The highest BCUT2D eigenvalue weighted by Gasteiger charge is 2.21. The number of imidazole rings is 1. The van der Waals surface area contributed by atoms with Gasteiger partial charge >= 0.3 is 0 Å². The molecule has 0 saturated heterocycles. The summed E-state index contributed by atoms with van der Waals surface area (Å²) in [5.41, 5.74) is 9.53. The molecule has 0 radical (unpaired) electrons. The fourth-order valence-electron chi connectivity index (χ4n) is 3.55. The highest BCUT2D eigenvalue weighted by molar-refractivity contribution is 6.29. The predicted octanol–water partition coefficient (Wildman–Crippen LogP) is 3.69. The maximum Gasteiger partial charge on any atom is 0.269 e. The van der Waals surface area contributed by atoms with Crippen LogP contribution in [0.4, 0.5) is 0 Å². The molecule has 3 N–H and O–H groups in total. The Bertz CT molecular complexity index is 1440. The third-order valence-electron chi connectivity index (χ3n) is 5.12. The molecule has 164 valence electrons. The lowest BCUT2D eigenvalue weighted by Crippen LogP contribution is -2.15. The minimum absolute atomic E-state index is 0.00958. The molecule has 2 aromatic carbocycles. The second-order valence-electron chi connectivity index (χ2n) is 7.28. The summed E-state index contributed by atoms with van der Waals surface area (Å²) >= 11 is 6.06. The van der Waals surface area contributed by atoms with Crippen LogP contribution < -0.4 is 10.5 Å². The fraction of sp³-hybridized carbons (Fsp3) is 0.0870. The van der Waals surface area contributed by atoms with Crippen molar-refractivity contribution in [1.82, 2.24) is 29.7 Å². The van der Waals surface area contributed by atoms with Crippen LogP contribution in [0.25, 0.3) is 33.9 Å². The first-order valence-electron chi connectivity index (χ1n) is 10.0. The Morgan fingerprint density at radius 2 is 1.94 bits per heavy atom. The summed E-state index contributed by atoms with van der Waals surface area (Å²) in [5, 5.41) is 4.84. The third kappa shape index (κ3) is 4.01. The number of aromatic nitrogens is 6. The lowest BCUT2D eigenvalue weighted by Gasteiger charge is -2.07. The average molecular weight is 460 g/mol. The van der Waals surface area contributed by atoms with Crippen molar-refractivity contribution in [3.8, 4) is 28.7 Å². The molecular formula is C23H18ClN7O2. The van der Waals surface area contributed by atoms with Crippen LogP contribution in [0.15, 0.2) is 60.8 Å². The van der Waals surface area contributed by atoms with Crippen molar-refractivity contribution in [3.63, 3.8) is 0 Å². The second kappa shape index (κ2) is 8.36. The van der Waals surface area contributed by atoms with Crippen molar-refractivity contribution in [2.24, 2.45) is 5.73 Å². The van der Waals surface area contributed by atoms with Crippen molar-refractivity contribution in [2.45, 2.75) is 6.54 Å². The quantitative estimate of drug-likeness (QED) is 0.399. The number of nitrogens with zero attached hydrogens (tertiary/aromatic N) is 5. The molecular weight excluding hydrogens is 442 g/mol. The van der Waals surface area contributed by atoms with E-state index in [0.717, 1.165) is 22.3 Å². The molecule has 0 aliphatic heterocycles. The van der Waals surface area contributed by atoms with Crippen LogP contribution in [0.1, 0.15) is 16.1 Å². The van der Waals surface area contributed by atoms with Crippen LogP contribution in [0.3, 0.4) is 0 Å². The topological polar surface area (TPSA) is 125 Å². The van der Waals surface area contributed by atoms with E-state index in [1.807, 2.05) is 48.5 Å². The summed E-state index contributed by atoms with van der Waals surface area (Å²) in [5.74, 6) is 0.668. The number of carbonyl (C=O) groups is 1. The van der Waals surface area contributed by atoms with Crippen molar-refractivity contribution in [3.05, 3.63) is 77.2 Å². The van der Waals surface area contributed by atoms with E-state index < -0.39 is 5.91 Å². The van der Waals surface area contributed by atoms with Gasteiger partial charge in [-0.1, -0.05) is 35.9 Å². The lowest BCUT2D eigenvalue weighted by atomic mass is 10.2. The number of rotatable bonds is 6. The number of carbonyl (C=O) groups excluding carboxylic acids is 1. The predicted molar refractivity (Wildman–Crippen MR) is 124 cm³/mol. The van der Waals surface area contributed by atoms with Gasteiger partial charge in [-0.2, -0.15) is 5.10 Å². The Morgan fingerprint density at radius 3 is 2.67 bits per heavy atom. The fourth-order valence-corrected chi connectivity index (χ4v) is 3.68. The molecule has 3 heterocycles. The molecule has 0 aliphatic rings. The summed E-state index contributed by atoms with van der Waals surface area (Å²) in [7, 11) is 1.62. The number of hydrogen-bond donors (Lipinski definition) is 2. The number of aromatic amines is 1. The highest BCUT2D eigenvalue weighted by Crippen LogP contribution is 2.28. The number of primary amides is 1. The van der Waals surface area contributed by atoms with Crippen molar-refractivity contribution < 1.29 is 9.53 Å². The number of halogens is 1. The van der Waals surface area contributed by atoms with Gasteiger partial charge in [0.1, 0.15) is 28.0 Å². The highest BCUT2D eigenvalue weighted by atomic mass is 35.5. The summed E-state index contributed by atoms with van der Waals surface area (Å²) in [4.78, 5) is 28.3. The van der Waals surface area contributed by atoms with Gasteiger partial charge in [-0.3, -0.25) is 9.48 Å². The largest absolute Gasteiger partial charge is 0.497 e. The van der Waals surface area contributed by atoms with E-state index in [9.17, 15) is 4.79 Å². The van der Waals surface area contributed by atoms with Crippen molar-refractivity contribution >= 4 is 28.5 Å². The second-order valence-corrected chi connectivity index (χ2v) is 7.66. The number of H-pyrrole nitrogens is 1. The van der Waals surface area contributed by atoms with Crippen LogP contribution in [0.5, 0.6) is 5.75 Å². The van der Waals surface area contributed by atoms with E-state index in [0.29, 0.717) is 23.8 Å². The van der Waals surface area contributed by atoms with Gasteiger partial charge in [0.2, 0.25) is 0 Å². The SMILES string of the molecule is COc1ccc(Cn2nc(-c3nc(Cl)cnc3C(N)=O)cc2-c2nc3ccccc3[nH]2)cc1. The van der Waals surface area contributed by atoms with Gasteiger partial charge in [-0.15, -0.1) is 0 Å². The molecule has 3 aromatic heterocycles. The Hall–Kier alpha value is -4.24. The van der Waals surface area contributed by atoms with Gasteiger partial charge < -0.3 is 15.5 Å². The number of fused-ring (bicyclic) bond motifs is 1. The number of nitrogens with two attached hydrogens (primary N) is 1. The number of amides is 1. The van der Waals surface area contributed by atoms with E-state index in [1.165, 1.54) is 6.20 Å². The van der Waals surface area contributed by atoms with Gasteiger partial charge in [-0.05, 0) is 35.9 Å². The van der Waals surface area contributed by atoms with Crippen molar-refractivity contribution in [1.29, 1.82) is 0 Å². The van der Waals surface area contributed by atoms with E-state index in [1.54, 1.807) is 17.9 Å². The Morgan fingerprint density at radius 1 is 1.15 bits per heavy atom. The first-order valence-corrected chi connectivity index (χ1v) is 10.4. The normalized spacial score (nSPS) is 11.1. The number of benzene rings is 2. The standard InChI is InChI=1S/C23H18ClN7O2/c1-33-14-8-6-13(7-9-14)12-31-18(23-27-15-4-2-3-5-16(15)28-23)10-17(30-31)20-21(22(25)32)26-11-19(24)29-20/h2-11H,12H2,1H3,(H2,25,32)(H,27,28). The number of ether oxygens (including phenoxy) is 1. The molecule has 0 spiro atoms. The zero-order valence-electron chi connectivity index (χ0n) is 17.5. The minimum atomic E-state index is -0.718. The Kier molecular flexibility index (Phi) is 5.23. The van der Waals surface area contributed by atoms with Crippen molar-refractivity contribution in [2.75, 3.05) is 7.11 Å². The summed E-state index contributed by atoms with van der Waals surface area (Å²) in [6, 6.07) is 17.2. The smallest absolute Gasteiger partial charge is 0.269 e. The van der Waals surface area contributed by atoms with Gasteiger partial charge in [0, 0.05) is 0 Å². The summed E-state index contributed by atoms with van der Waals surface area (Å²) in [6.07, 6.45) is 1.28. The molecule has 33 heavy (non-hydrogen) atoms. The first-order chi connectivity index (χ1) is 16.0. The van der Waals surface area contributed by atoms with E-state index >= 15 is 0 Å². The molecule has 0 bridgehead atoms. The number of nitrogens with one attached hydrogen (secondary N) is 1. The Balaban J connectivity index is 1.65. The number of hydrogen-bond acceptors (Lipinski definition) is 6. The molecule has 0 fully saturated rings. The third-order valence-corrected chi connectivity index (χ3v) is 5.30. The number of methoxy groups -OCH3 is 1. The molecule has 0 aliphatic carbocycles. The molecule has 10 heteroatoms. The van der Waals surface area contributed by atoms with Crippen LogP contribution in [0, 0.1) is 0 Å². The van der Waals surface area contributed by atoms with Crippen LogP contribution in [0.2, 0.25) is 5.15 Å². The molecule has 1 amide bonds. The van der Waals surface area contributed by atoms with Gasteiger partial charge in [0.15, 0.2) is 11.5 Å². The number of para-hydroxylation sites is 2. The molecule has 5 rings (SSSR count). The van der Waals surface area contributed by atoms with Gasteiger partial charge in [0.25, 0.3) is 5.91 Å². The first kappa shape index (κ1) is 20.7. The zero-order chi connectivity index (χ0) is 22.9. The molecule has 0 saturated carbocycles. The van der Waals surface area contributed by atoms with E-state index in [-0.39, 0.29) is 16.5 Å². The average Bonchev–Trinajstić information content (AvgIpc) is 3.43. The summed E-state index contributed by atoms with van der Waals surface area (Å²) in [6.45, 7) is 0.441. The zero-order valence-corrected chi connectivity index (χ0v) is 18.2. The monoisotopic (exact) mass is 459 g/mol. The maximum absolute atomic E-state index is 11.9. The van der Waals surface area contributed by atoms with Crippen LogP contribution in [-0.2, 0) is 6.54 Å². The van der Waals surface area contributed by atoms with E-state index in [4.69, 9.17) is 32.2 Å². The summed E-state index contributed by atoms with van der Waals surface area (Å²) < 4.78 is 7.03. The van der Waals surface area contributed by atoms with Crippen LogP contribution in [-0.4, -0.2) is 42.7 Å². The van der Waals surface area contributed by atoms with E-state index in [2.05, 4.69) is 15.0 Å². The van der Waals surface area contributed by atoms with Crippen LogP contribution >= 0.6 is 11.6 Å². The van der Waals surface area contributed by atoms with Gasteiger partial charge in [-0.25, -0.2) is 15.0 Å². The molecule has 5 aromatic rings. The molecule has 0 atom stereocenters. The molecule has 0 unspecified atom stereocenters. The van der Waals surface area contributed by atoms with Gasteiger partial charge in [0.05, 0.1) is 30.9 Å². The minimum Gasteiger partial charge on any atom is -0.497 e. The Labute approximate surface area is 193 Å². The lowest BCUT2D eigenvalue weighted by molar-refractivity contribution is 0.0996. The maximum atomic E-state index is 11.9.